The van der Waals surface area contributed by atoms with Crippen molar-refractivity contribution in [3.8, 4) is 0 Å². The van der Waals surface area contributed by atoms with Gasteiger partial charge in [-0.05, 0) is 31.9 Å². The average molecular weight is 334 g/mol. The zero-order valence-corrected chi connectivity index (χ0v) is 14.2. The largest absolute Gasteiger partial charge is 0.480 e. The van der Waals surface area contributed by atoms with Crippen LogP contribution in [0, 0.1) is 0 Å². The molecular formula is C18H26N2O4. The number of aliphatic carboxylic acids is 1. The molecule has 1 amide bonds. The van der Waals surface area contributed by atoms with E-state index in [-0.39, 0.29) is 25.1 Å². The Hall–Kier alpha value is -1.92. The van der Waals surface area contributed by atoms with Gasteiger partial charge in [-0.1, -0.05) is 30.3 Å². The highest BCUT2D eigenvalue weighted by Gasteiger charge is 2.23. The van der Waals surface area contributed by atoms with Crippen LogP contribution in [0.2, 0.25) is 0 Å². The highest BCUT2D eigenvalue weighted by Crippen LogP contribution is 2.16. The van der Waals surface area contributed by atoms with Gasteiger partial charge in [0.05, 0.1) is 13.2 Å². The molecule has 0 aliphatic carbocycles. The van der Waals surface area contributed by atoms with Crippen LogP contribution in [0.1, 0.15) is 24.8 Å². The Morgan fingerprint density at radius 1 is 1.25 bits per heavy atom. The Kier molecular flexibility index (Phi) is 7.21. The number of hydrogen-bond acceptors (Lipinski definition) is 4. The zero-order chi connectivity index (χ0) is 17.4. The number of amides is 1. The lowest BCUT2D eigenvalue weighted by Gasteiger charge is -2.25. The second-order valence-corrected chi connectivity index (χ2v) is 6.25. The lowest BCUT2D eigenvalue weighted by Crippen LogP contribution is -2.38. The average Bonchev–Trinajstić information content (AvgIpc) is 2.81. The molecule has 1 unspecified atom stereocenters. The summed E-state index contributed by atoms with van der Waals surface area (Å²) in [7, 11) is 1.83. The van der Waals surface area contributed by atoms with Crippen molar-refractivity contribution in [2.75, 3.05) is 33.3 Å². The summed E-state index contributed by atoms with van der Waals surface area (Å²) >= 11 is 0. The maximum atomic E-state index is 12.3. The number of carbonyl (C=O) groups excluding carboxylic acids is 1. The van der Waals surface area contributed by atoms with Crippen LogP contribution in [0.5, 0.6) is 0 Å². The van der Waals surface area contributed by atoms with Crippen molar-refractivity contribution in [3.63, 3.8) is 0 Å². The monoisotopic (exact) mass is 334 g/mol. The van der Waals surface area contributed by atoms with Crippen molar-refractivity contribution in [1.29, 1.82) is 0 Å². The minimum absolute atomic E-state index is 0.00692. The Morgan fingerprint density at radius 2 is 2.00 bits per heavy atom. The normalized spacial score (nSPS) is 18.4. The number of carboxylic acid groups (broad SMARTS) is 1. The molecular weight excluding hydrogens is 308 g/mol. The lowest BCUT2D eigenvalue weighted by molar-refractivity contribution is -0.139. The summed E-state index contributed by atoms with van der Waals surface area (Å²) < 4.78 is 5.52. The van der Waals surface area contributed by atoms with Gasteiger partial charge in [0.1, 0.15) is 6.61 Å². The molecule has 1 aliphatic rings. The second-order valence-electron chi connectivity index (χ2n) is 6.25. The number of rotatable bonds is 7. The van der Waals surface area contributed by atoms with Crippen molar-refractivity contribution >= 4 is 11.9 Å². The molecule has 132 valence electrons. The van der Waals surface area contributed by atoms with Gasteiger partial charge in [0.15, 0.2) is 0 Å². The summed E-state index contributed by atoms with van der Waals surface area (Å²) in [5.41, 5.74) is 1.05. The predicted molar refractivity (Wildman–Crippen MR) is 90.6 cm³/mol. The number of carbonyl (C=O) groups is 2. The molecule has 1 saturated heterocycles. The molecule has 1 N–H and O–H groups in total. The Labute approximate surface area is 143 Å². The van der Waals surface area contributed by atoms with E-state index in [0.29, 0.717) is 19.7 Å². The summed E-state index contributed by atoms with van der Waals surface area (Å²) in [6.45, 7) is 1.93. The van der Waals surface area contributed by atoms with Crippen LogP contribution in [0.15, 0.2) is 30.3 Å². The smallest absolute Gasteiger partial charge is 0.317 e. The first-order valence-electron chi connectivity index (χ1n) is 8.37. The third-order valence-corrected chi connectivity index (χ3v) is 4.40. The third-order valence-electron chi connectivity index (χ3n) is 4.40. The predicted octanol–water partition coefficient (Wildman–Crippen LogP) is 1.60. The summed E-state index contributed by atoms with van der Waals surface area (Å²) in [5, 5.41) is 8.89. The minimum Gasteiger partial charge on any atom is -0.480 e. The highest BCUT2D eigenvalue weighted by atomic mass is 16.5. The van der Waals surface area contributed by atoms with Crippen molar-refractivity contribution in [2.24, 2.45) is 0 Å². The van der Waals surface area contributed by atoms with Gasteiger partial charge in [-0.15, -0.1) is 0 Å². The molecule has 0 spiro atoms. The number of likely N-dealkylation sites (tertiary alicyclic amines) is 1. The molecule has 1 heterocycles. The zero-order valence-electron chi connectivity index (χ0n) is 14.2. The fraction of sp³-hybridized carbons (Fsp3) is 0.556. The van der Waals surface area contributed by atoms with E-state index in [1.54, 1.807) is 0 Å². The van der Waals surface area contributed by atoms with E-state index in [9.17, 15) is 9.59 Å². The van der Waals surface area contributed by atoms with Gasteiger partial charge >= 0.3 is 5.97 Å². The maximum Gasteiger partial charge on any atom is 0.317 e. The topological polar surface area (TPSA) is 70.1 Å². The van der Waals surface area contributed by atoms with Crippen molar-refractivity contribution in [3.05, 3.63) is 35.9 Å². The molecule has 1 aromatic carbocycles. The summed E-state index contributed by atoms with van der Waals surface area (Å²) in [4.78, 5) is 26.8. The van der Waals surface area contributed by atoms with E-state index in [1.807, 2.05) is 47.2 Å². The first-order chi connectivity index (χ1) is 11.6. The molecule has 1 aliphatic heterocycles. The van der Waals surface area contributed by atoms with Gasteiger partial charge in [-0.2, -0.15) is 0 Å². The fourth-order valence-corrected chi connectivity index (χ4v) is 3.03. The van der Waals surface area contributed by atoms with Gasteiger partial charge in [0.25, 0.3) is 0 Å². The van der Waals surface area contributed by atoms with Crippen molar-refractivity contribution in [2.45, 2.75) is 31.9 Å². The summed E-state index contributed by atoms with van der Waals surface area (Å²) in [5.74, 6) is -0.809. The molecule has 1 fully saturated rings. The van der Waals surface area contributed by atoms with Crippen LogP contribution in [0.25, 0.3) is 0 Å². The van der Waals surface area contributed by atoms with Gasteiger partial charge in [-0.3, -0.25) is 14.5 Å². The van der Waals surface area contributed by atoms with Crippen molar-refractivity contribution in [1.82, 2.24) is 9.80 Å². The first-order valence-corrected chi connectivity index (χ1v) is 8.37. The molecule has 0 aromatic heterocycles. The highest BCUT2D eigenvalue weighted by molar-refractivity contribution is 5.77. The summed E-state index contributed by atoms with van der Waals surface area (Å²) in [6, 6.07) is 10.00. The molecule has 0 bridgehead atoms. The van der Waals surface area contributed by atoms with Crippen LogP contribution in [-0.2, 0) is 20.9 Å². The molecule has 0 radical (unpaired) electrons. The number of hydrogen-bond donors (Lipinski definition) is 1. The van der Waals surface area contributed by atoms with Gasteiger partial charge in [-0.25, -0.2) is 0 Å². The lowest BCUT2D eigenvalue weighted by atomic mass is 10.1. The number of benzene rings is 1. The molecule has 1 atom stereocenters. The molecule has 6 heteroatoms. The van der Waals surface area contributed by atoms with Crippen LogP contribution >= 0.6 is 0 Å². The van der Waals surface area contributed by atoms with E-state index in [2.05, 4.69) is 0 Å². The molecule has 2 rings (SSSR count). The van der Waals surface area contributed by atoms with E-state index in [4.69, 9.17) is 9.84 Å². The number of likely N-dealkylation sites (N-methyl/N-ethyl adjacent to an activating group) is 1. The van der Waals surface area contributed by atoms with Gasteiger partial charge in [0, 0.05) is 19.1 Å². The van der Waals surface area contributed by atoms with Gasteiger partial charge < -0.3 is 14.7 Å². The van der Waals surface area contributed by atoms with E-state index >= 15 is 0 Å². The second kappa shape index (κ2) is 9.39. The van der Waals surface area contributed by atoms with E-state index in [1.165, 1.54) is 0 Å². The molecule has 1 aromatic rings. The van der Waals surface area contributed by atoms with Gasteiger partial charge in [0.2, 0.25) is 5.91 Å². The quantitative estimate of drug-likeness (QED) is 0.820. The number of nitrogens with zero attached hydrogens (tertiary/aromatic N) is 2. The first kappa shape index (κ1) is 18.4. The summed E-state index contributed by atoms with van der Waals surface area (Å²) in [6.07, 6.45) is 2.60. The SMILES string of the molecule is CN(CC(=O)O)C1CCCN(C(=O)COCc2ccccc2)CC1. The minimum atomic E-state index is -0.816. The maximum absolute atomic E-state index is 12.3. The Balaban J connectivity index is 1.74. The molecule has 24 heavy (non-hydrogen) atoms. The fourth-order valence-electron chi connectivity index (χ4n) is 3.03. The Bertz CT molecular complexity index is 535. The molecule has 6 nitrogen and oxygen atoms in total. The number of ether oxygens (including phenoxy) is 1. The van der Waals surface area contributed by atoms with Crippen LogP contribution in [0.3, 0.4) is 0 Å². The van der Waals surface area contributed by atoms with Crippen LogP contribution in [-0.4, -0.2) is 66.1 Å². The molecule has 0 saturated carbocycles. The van der Waals surface area contributed by atoms with Crippen LogP contribution in [0.4, 0.5) is 0 Å². The third kappa shape index (κ3) is 5.94. The van der Waals surface area contributed by atoms with Crippen molar-refractivity contribution < 1.29 is 19.4 Å². The van der Waals surface area contributed by atoms with Crippen LogP contribution < -0.4 is 0 Å². The van der Waals surface area contributed by atoms with E-state index in [0.717, 1.165) is 24.8 Å². The van der Waals surface area contributed by atoms with E-state index < -0.39 is 5.97 Å². The Morgan fingerprint density at radius 3 is 2.71 bits per heavy atom. The number of carboxylic acids is 1. The standard InChI is InChI=1S/C18H26N2O4/c1-19(12-18(22)23)16-8-5-10-20(11-9-16)17(21)14-24-13-15-6-3-2-4-7-15/h2-4,6-7,16H,5,8-14H2,1H3,(H,22,23).